The highest BCUT2D eigenvalue weighted by molar-refractivity contribution is 7.92. The van der Waals surface area contributed by atoms with Crippen LogP contribution >= 0.6 is 0 Å². The monoisotopic (exact) mass is 446 g/mol. The molecule has 0 unspecified atom stereocenters. The van der Waals surface area contributed by atoms with E-state index >= 15 is 0 Å². The Morgan fingerprint density at radius 3 is 2.07 bits per heavy atom. The molecule has 0 radical (unpaired) electrons. The zero-order valence-electron chi connectivity index (χ0n) is 16.6. The van der Waals surface area contributed by atoms with Gasteiger partial charge in [0.2, 0.25) is 15.9 Å². The summed E-state index contributed by atoms with van der Waals surface area (Å²) < 4.78 is 74.0. The van der Waals surface area contributed by atoms with Gasteiger partial charge in [-0.15, -0.1) is 0 Å². The van der Waals surface area contributed by atoms with Crippen LogP contribution in [0.3, 0.4) is 0 Å². The number of hydrogen-bond acceptors (Lipinski definition) is 5. The highest BCUT2D eigenvalue weighted by Gasteiger charge is 2.31. The zero-order chi connectivity index (χ0) is 22.7. The number of ether oxygens (including phenoxy) is 2. The van der Waals surface area contributed by atoms with Crippen molar-refractivity contribution in [1.29, 1.82) is 0 Å². The van der Waals surface area contributed by atoms with Gasteiger partial charge in [-0.2, -0.15) is 13.2 Å². The predicted molar refractivity (Wildman–Crippen MR) is 106 cm³/mol. The third-order valence-corrected chi connectivity index (χ3v) is 5.43. The van der Waals surface area contributed by atoms with Gasteiger partial charge in [-0.05, 0) is 43.3 Å². The predicted octanol–water partition coefficient (Wildman–Crippen LogP) is 3.52. The summed E-state index contributed by atoms with van der Waals surface area (Å²) in [5.74, 6) is -0.0921. The van der Waals surface area contributed by atoms with Gasteiger partial charge in [0, 0.05) is 11.8 Å². The molecule has 0 saturated heterocycles. The van der Waals surface area contributed by atoms with Crippen molar-refractivity contribution < 1.29 is 35.9 Å². The molecule has 1 atom stereocenters. The second-order valence-corrected chi connectivity index (χ2v) is 8.20. The van der Waals surface area contributed by atoms with Crippen LogP contribution in [0.1, 0.15) is 12.5 Å². The third kappa shape index (κ3) is 5.35. The van der Waals surface area contributed by atoms with Crippen molar-refractivity contribution in [2.45, 2.75) is 19.1 Å². The third-order valence-electron chi connectivity index (χ3n) is 4.19. The molecule has 2 rings (SSSR count). The minimum atomic E-state index is -4.50. The van der Waals surface area contributed by atoms with Gasteiger partial charge in [0.05, 0.1) is 31.7 Å². The van der Waals surface area contributed by atoms with Crippen LogP contribution in [0.15, 0.2) is 42.5 Å². The molecule has 0 spiro atoms. The van der Waals surface area contributed by atoms with Crippen molar-refractivity contribution in [3.8, 4) is 11.5 Å². The average molecular weight is 446 g/mol. The number of halogens is 3. The van der Waals surface area contributed by atoms with Crippen LogP contribution in [-0.2, 0) is 21.0 Å². The van der Waals surface area contributed by atoms with Gasteiger partial charge in [-0.25, -0.2) is 8.42 Å². The topological polar surface area (TPSA) is 84.9 Å². The minimum Gasteiger partial charge on any atom is -0.493 e. The number of alkyl halides is 3. The van der Waals surface area contributed by atoms with E-state index in [-0.39, 0.29) is 17.1 Å². The first-order valence-electron chi connectivity index (χ1n) is 8.58. The molecule has 11 heteroatoms. The normalized spacial score (nSPS) is 12.8. The molecule has 0 aromatic heterocycles. The molecule has 0 aliphatic rings. The van der Waals surface area contributed by atoms with Crippen LogP contribution in [-0.4, -0.2) is 40.8 Å². The molecule has 0 heterocycles. The lowest BCUT2D eigenvalue weighted by atomic mass is 10.2. The van der Waals surface area contributed by atoms with Gasteiger partial charge < -0.3 is 14.8 Å². The Morgan fingerprint density at radius 1 is 1.03 bits per heavy atom. The van der Waals surface area contributed by atoms with Crippen molar-refractivity contribution in [1.82, 2.24) is 0 Å². The molecule has 0 saturated carbocycles. The second kappa shape index (κ2) is 8.82. The number of nitrogens with one attached hydrogen (secondary N) is 1. The minimum absolute atomic E-state index is 0.0978. The molecule has 2 aromatic rings. The van der Waals surface area contributed by atoms with E-state index in [1.54, 1.807) is 0 Å². The summed E-state index contributed by atoms with van der Waals surface area (Å²) in [5, 5.41) is 2.43. The first-order chi connectivity index (χ1) is 13.9. The maximum Gasteiger partial charge on any atom is 0.416 e. The molecule has 2 aromatic carbocycles. The first-order valence-corrected chi connectivity index (χ1v) is 10.4. The second-order valence-electron chi connectivity index (χ2n) is 6.34. The fourth-order valence-electron chi connectivity index (χ4n) is 2.76. The average Bonchev–Trinajstić information content (AvgIpc) is 2.66. The highest BCUT2D eigenvalue weighted by atomic mass is 32.2. The van der Waals surface area contributed by atoms with Crippen molar-refractivity contribution in [2.24, 2.45) is 0 Å². The maximum atomic E-state index is 12.7. The summed E-state index contributed by atoms with van der Waals surface area (Å²) in [5.41, 5.74) is -0.609. The summed E-state index contributed by atoms with van der Waals surface area (Å²) >= 11 is 0. The number of nitrogens with zero attached hydrogens (tertiary/aromatic N) is 1. The summed E-state index contributed by atoms with van der Waals surface area (Å²) in [6.07, 6.45) is -3.57. The summed E-state index contributed by atoms with van der Waals surface area (Å²) in [6, 6.07) is 6.97. The van der Waals surface area contributed by atoms with Crippen LogP contribution in [0.5, 0.6) is 11.5 Å². The van der Waals surface area contributed by atoms with Crippen LogP contribution < -0.4 is 19.1 Å². The van der Waals surface area contributed by atoms with Gasteiger partial charge in [-0.1, -0.05) is 0 Å². The summed E-state index contributed by atoms with van der Waals surface area (Å²) in [6.45, 7) is 1.36. The number of rotatable bonds is 7. The van der Waals surface area contributed by atoms with Gasteiger partial charge in [-0.3, -0.25) is 9.10 Å². The fraction of sp³-hybridized carbons (Fsp3) is 0.316. The summed E-state index contributed by atoms with van der Waals surface area (Å²) in [4.78, 5) is 12.6. The van der Waals surface area contributed by atoms with Gasteiger partial charge >= 0.3 is 6.18 Å². The molecular formula is C19H21F3N2O5S. The first kappa shape index (κ1) is 23.3. The van der Waals surface area contributed by atoms with Gasteiger partial charge in [0.1, 0.15) is 6.04 Å². The number of benzene rings is 2. The van der Waals surface area contributed by atoms with Crippen LogP contribution in [0.25, 0.3) is 0 Å². The largest absolute Gasteiger partial charge is 0.493 e. The fourth-order valence-corrected chi connectivity index (χ4v) is 3.93. The Morgan fingerprint density at radius 2 is 1.60 bits per heavy atom. The number of anilines is 2. The number of carbonyl (C=O) groups excluding carboxylic acids is 1. The molecule has 7 nitrogen and oxygen atoms in total. The van der Waals surface area contributed by atoms with Crippen molar-refractivity contribution in [2.75, 3.05) is 30.1 Å². The van der Waals surface area contributed by atoms with Crippen LogP contribution in [0, 0.1) is 0 Å². The molecule has 164 valence electrons. The molecule has 0 bridgehead atoms. The van der Waals surface area contributed by atoms with E-state index in [1.807, 2.05) is 0 Å². The molecule has 0 aliphatic heterocycles. The standard InChI is InChI=1S/C19H21F3N2O5S/c1-12(18(25)23-14-7-5-13(6-8-14)19(20,21)22)24(30(4,26)27)15-9-10-16(28-2)17(11-15)29-3/h5-12H,1-4H3,(H,23,25)/t12-/m1/s1. The van der Waals surface area contributed by atoms with E-state index in [2.05, 4.69) is 5.32 Å². The number of amides is 1. The molecule has 0 fully saturated rings. The Hall–Kier alpha value is -2.95. The van der Waals surface area contributed by atoms with E-state index in [1.165, 1.54) is 39.3 Å². The van der Waals surface area contributed by atoms with E-state index < -0.39 is 33.7 Å². The number of carbonyl (C=O) groups is 1. The Balaban J connectivity index is 2.31. The Kier molecular flexibility index (Phi) is 6.86. The highest BCUT2D eigenvalue weighted by Crippen LogP contribution is 2.34. The lowest BCUT2D eigenvalue weighted by molar-refractivity contribution is -0.137. The van der Waals surface area contributed by atoms with Gasteiger partial charge in [0.25, 0.3) is 0 Å². The molecular weight excluding hydrogens is 425 g/mol. The Bertz CT molecular complexity index is 1010. The lowest BCUT2D eigenvalue weighted by Gasteiger charge is -2.28. The maximum absolute atomic E-state index is 12.7. The Labute approximate surface area is 172 Å². The van der Waals surface area contributed by atoms with E-state index in [9.17, 15) is 26.4 Å². The van der Waals surface area contributed by atoms with E-state index in [4.69, 9.17) is 9.47 Å². The molecule has 30 heavy (non-hydrogen) atoms. The number of sulfonamides is 1. The number of hydrogen-bond donors (Lipinski definition) is 1. The quantitative estimate of drug-likeness (QED) is 0.704. The van der Waals surface area contributed by atoms with Crippen molar-refractivity contribution in [3.05, 3.63) is 48.0 Å². The van der Waals surface area contributed by atoms with E-state index in [0.29, 0.717) is 5.75 Å². The SMILES string of the molecule is COc1ccc(N([C@H](C)C(=O)Nc2ccc(C(F)(F)F)cc2)S(C)(=O)=O)cc1OC. The summed E-state index contributed by atoms with van der Waals surface area (Å²) in [7, 11) is -1.09. The van der Waals surface area contributed by atoms with Crippen molar-refractivity contribution >= 4 is 27.3 Å². The number of methoxy groups -OCH3 is 2. The van der Waals surface area contributed by atoms with E-state index in [0.717, 1.165) is 34.8 Å². The molecule has 0 aliphatic carbocycles. The smallest absolute Gasteiger partial charge is 0.416 e. The zero-order valence-corrected chi connectivity index (χ0v) is 17.5. The van der Waals surface area contributed by atoms with Crippen LogP contribution in [0.4, 0.5) is 24.5 Å². The van der Waals surface area contributed by atoms with Crippen molar-refractivity contribution in [3.63, 3.8) is 0 Å². The molecule has 1 N–H and O–H groups in total. The molecule has 1 amide bonds. The lowest BCUT2D eigenvalue weighted by Crippen LogP contribution is -2.45. The van der Waals surface area contributed by atoms with Gasteiger partial charge in [0.15, 0.2) is 11.5 Å². The van der Waals surface area contributed by atoms with Crippen LogP contribution in [0.2, 0.25) is 0 Å².